The smallest absolute Gasteiger partial charge is 0.287 e. The number of aromatic nitrogens is 2. The number of carbonyl (C=O) groups excluding carboxylic acids is 1. The van der Waals surface area contributed by atoms with Gasteiger partial charge in [-0.05, 0) is 42.5 Å². The SMILES string of the molecule is CN(Cc1cc(CNC(=O)c2nc3sc4c(c3c(=O)[nH]2)CCC4)ccc1F)c1c(N)c(=O)c1=O. The molecule has 0 saturated heterocycles. The third kappa shape index (κ3) is 3.58. The van der Waals surface area contributed by atoms with Gasteiger partial charge in [0, 0.05) is 30.6 Å². The number of nitrogens with two attached hydrogens (primary N) is 1. The summed E-state index contributed by atoms with van der Waals surface area (Å²) in [6.45, 7) is 0.0814. The second-order valence-corrected chi connectivity index (χ2v) is 9.42. The first kappa shape index (κ1) is 22.0. The van der Waals surface area contributed by atoms with Gasteiger partial charge in [0.15, 0.2) is 0 Å². The summed E-state index contributed by atoms with van der Waals surface area (Å²) in [5.41, 5.74) is 5.66. The van der Waals surface area contributed by atoms with E-state index in [1.807, 2.05) is 0 Å². The van der Waals surface area contributed by atoms with Crippen molar-refractivity contribution in [3.05, 3.63) is 82.2 Å². The Kier molecular flexibility index (Phi) is 5.28. The van der Waals surface area contributed by atoms with E-state index in [1.54, 1.807) is 13.1 Å². The maximum atomic E-state index is 14.3. The number of nitrogens with one attached hydrogen (secondary N) is 2. The van der Waals surface area contributed by atoms with Crippen LogP contribution in [0.3, 0.4) is 0 Å². The van der Waals surface area contributed by atoms with Gasteiger partial charge in [-0.1, -0.05) is 6.07 Å². The lowest BCUT2D eigenvalue weighted by Gasteiger charge is -2.22. The number of hydrogen-bond donors (Lipinski definition) is 3. The summed E-state index contributed by atoms with van der Waals surface area (Å²) in [5.74, 6) is -1.12. The summed E-state index contributed by atoms with van der Waals surface area (Å²) in [5, 5.41) is 3.26. The fourth-order valence-corrected chi connectivity index (χ4v) is 5.61. The van der Waals surface area contributed by atoms with Crippen LogP contribution in [0.2, 0.25) is 0 Å². The van der Waals surface area contributed by atoms with Crippen molar-refractivity contribution < 1.29 is 9.18 Å². The highest BCUT2D eigenvalue weighted by Gasteiger charge is 2.23. The fraction of sp³-hybridized carbons (Fsp3) is 0.261. The van der Waals surface area contributed by atoms with Crippen molar-refractivity contribution in [3.63, 3.8) is 0 Å². The number of nitrogen functional groups attached to an aromatic ring is 1. The van der Waals surface area contributed by atoms with Gasteiger partial charge in [0.05, 0.1) is 5.39 Å². The quantitative estimate of drug-likeness (QED) is 0.354. The zero-order valence-corrected chi connectivity index (χ0v) is 19.0. The molecule has 1 amide bonds. The number of fused-ring (bicyclic) bond motifs is 3. The van der Waals surface area contributed by atoms with Gasteiger partial charge in [-0.3, -0.25) is 19.2 Å². The summed E-state index contributed by atoms with van der Waals surface area (Å²) in [6.07, 6.45) is 2.80. The Morgan fingerprint density at radius 1 is 1.26 bits per heavy atom. The predicted octanol–water partition coefficient (Wildman–Crippen LogP) is 1.36. The number of anilines is 2. The van der Waals surface area contributed by atoms with Crippen LogP contribution in [0.15, 0.2) is 32.6 Å². The first-order chi connectivity index (χ1) is 16.2. The van der Waals surface area contributed by atoms with E-state index in [4.69, 9.17) is 5.73 Å². The van der Waals surface area contributed by atoms with E-state index in [1.165, 1.54) is 28.4 Å². The van der Waals surface area contributed by atoms with Gasteiger partial charge in [0.2, 0.25) is 5.82 Å². The number of amides is 1. The Morgan fingerprint density at radius 2 is 2.06 bits per heavy atom. The van der Waals surface area contributed by atoms with Gasteiger partial charge < -0.3 is 20.9 Å². The van der Waals surface area contributed by atoms with E-state index in [2.05, 4.69) is 15.3 Å². The minimum absolute atomic E-state index is 0.0112. The van der Waals surface area contributed by atoms with Crippen LogP contribution in [0.4, 0.5) is 15.8 Å². The molecule has 4 N–H and O–H groups in total. The third-order valence-corrected chi connectivity index (χ3v) is 7.25. The molecule has 0 saturated carbocycles. The monoisotopic (exact) mass is 481 g/mol. The molecule has 2 heterocycles. The lowest BCUT2D eigenvalue weighted by molar-refractivity contribution is 0.0940. The molecule has 0 radical (unpaired) electrons. The summed E-state index contributed by atoms with van der Waals surface area (Å²) < 4.78 is 14.3. The number of rotatable bonds is 6. The lowest BCUT2D eigenvalue weighted by atomic mass is 10.1. The minimum atomic E-state index is -0.740. The van der Waals surface area contributed by atoms with Crippen LogP contribution in [-0.4, -0.2) is 22.9 Å². The molecular formula is C23H20FN5O4S. The van der Waals surface area contributed by atoms with Crippen LogP contribution in [-0.2, 0) is 25.9 Å². The van der Waals surface area contributed by atoms with Crippen molar-refractivity contribution in [2.24, 2.45) is 0 Å². The van der Waals surface area contributed by atoms with Crippen LogP contribution in [0, 0.1) is 5.82 Å². The molecule has 0 aliphatic heterocycles. The summed E-state index contributed by atoms with van der Waals surface area (Å²) >= 11 is 1.45. The molecule has 0 unspecified atom stereocenters. The number of hydrogen-bond acceptors (Lipinski definition) is 8. The highest BCUT2D eigenvalue weighted by Crippen LogP contribution is 2.34. The molecule has 0 bridgehead atoms. The minimum Gasteiger partial charge on any atom is -0.394 e. The maximum Gasteiger partial charge on any atom is 0.287 e. The summed E-state index contributed by atoms with van der Waals surface area (Å²) in [4.78, 5) is 58.3. The zero-order valence-electron chi connectivity index (χ0n) is 18.2. The van der Waals surface area contributed by atoms with Gasteiger partial charge in [0.1, 0.15) is 22.0 Å². The van der Waals surface area contributed by atoms with E-state index in [0.29, 0.717) is 15.8 Å². The first-order valence-corrected chi connectivity index (χ1v) is 11.5. The molecule has 4 aromatic rings. The van der Waals surface area contributed by atoms with Crippen LogP contribution in [0.5, 0.6) is 0 Å². The molecule has 5 rings (SSSR count). The number of benzene rings is 1. The fourth-order valence-electron chi connectivity index (χ4n) is 4.35. The molecule has 0 spiro atoms. The van der Waals surface area contributed by atoms with E-state index < -0.39 is 22.6 Å². The number of H-pyrrole nitrogens is 1. The van der Waals surface area contributed by atoms with E-state index >= 15 is 0 Å². The van der Waals surface area contributed by atoms with Crippen molar-refractivity contribution in [2.45, 2.75) is 32.4 Å². The van der Waals surface area contributed by atoms with Gasteiger partial charge in [-0.15, -0.1) is 11.3 Å². The number of halogens is 1. The Bertz CT molecular complexity index is 1600. The molecular weight excluding hydrogens is 461 g/mol. The van der Waals surface area contributed by atoms with Crippen molar-refractivity contribution in [2.75, 3.05) is 17.7 Å². The molecule has 0 atom stereocenters. The van der Waals surface area contributed by atoms with Gasteiger partial charge in [-0.2, -0.15) is 0 Å². The lowest BCUT2D eigenvalue weighted by Crippen LogP contribution is -2.40. The van der Waals surface area contributed by atoms with Crippen LogP contribution < -0.4 is 32.4 Å². The standard InChI is InChI=1S/C23H20FN5O4S/c1-29(17-16(25)18(30)19(17)31)9-11-7-10(5-6-13(11)24)8-26-22(33)20-27-21(32)15-12-3-2-4-14(12)34-23(15)28-20/h5-7H,2-4,8-9,25H2,1H3,(H,26,33)(H,27,28,32). The Balaban J connectivity index is 1.31. The third-order valence-electron chi connectivity index (χ3n) is 6.06. The summed E-state index contributed by atoms with van der Waals surface area (Å²) in [7, 11) is 1.54. The first-order valence-electron chi connectivity index (χ1n) is 10.6. The van der Waals surface area contributed by atoms with Crippen LogP contribution in [0.1, 0.15) is 38.6 Å². The van der Waals surface area contributed by atoms with Crippen molar-refractivity contribution >= 4 is 38.8 Å². The topological polar surface area (TPSA) is 138 Å². The molecule has 174 valence electrons. The Morgan fingerprint density at radius 3 is 2.82 bits per heavy atom. The van der Waals surface area contributed by atoms with Gasteiger partial charge in [-0.25, -0.2) is 9.37 Å². The Hall–Kier alpha value is -3.86. The van der Waals surface area contributed by atoms with E-state index in [0.717, 1.165) is 29.7 Å². The van der Waals surface area contributed by atoms with Crippen molar-refractivity contribution in [3.8, 4) is 0 Å². The molecule has 2 aromatic heterocycles. The molecule has 1 aliphatic rings. The van der Waals surface area contributed by atoms with Gasteiger partial charge >= 0.3 is 0 Å². The van der Waals surface area contributed by atoms with Gasteiger partial charge in [0.25, 0.3) is 22.3 Å². The Labute approximate surface area is 195 Å². The predicted molar refractivity (Wildman–Crippen MR) is 128 cm³/mol. The molecule has 11 heteroatoms. The summed E-state index contributed by atoms with van der Waals surface area (Å²) in [6, 6.07) is 4.33. The number of carbonyl (C=O) groups is 1. The van der Waals surface area contributed by atoms with Crippen LogP contribution >= 0.6 is 11.3 Å². The molecule has 2 aromatic carbocycles. The second-order valence-electron chi connectivity index (χ2n) is 8.34. The van der Waals surface area contributed by atoms with E-state index in [-0.39, 0.29) is 41.4 Å². The molecule has 0 fully saturated rings. The second kappa shape index (κ2) is 8.17. The molecule has 1 aliphatic carbocycles. The average molecular weight is 482 g/mol. The van der Waals surface area contributed by atoms with Crippen LogP contribution in [0.25, 0.3) is 10.2 Å². The number of aromatic amines is 1. The highest BCUT2D eigenvalue weighted by atomic mass is 32.1. The number of aryl methyl sites for hydroxylation is 2. The molecule has 34 heavy (non-hydrogen) atoms. The van der Waals surface area contributed by atoms with E-state index in [9.17, 15) is 23.6 Å². The number of thiophene rings is 1. The van der Waals surface area contributed by atoms with Crippen molar-refractivity contribution in [1.29, 1.82) is 0 Å². The zero-order chi connectivity index (χ0) is 24.1. The maximum absolute atomic E-state index is 14.3. The average Bonchev–Trinajstić information content (AvgIpc) is 3.40. The van der Waals surface area contributed by atoms with Crippen molar-refractivity contribution in [1.82, 2.24) is 15.3 Å². The number of nitrogens with zero attached hydrogens (tertiary/aromatic N) is 2. The highest BCUT2D eigenvalue weighted by molar-refractivity contribution is 7.18. The molecule has 9 nitrogen and oxygen atoms in total. The largest absolute Gasteiger partial charge is 0.394 e. The normalized spacial score (nSPS) is 12.9.